The molecule has 66 valence electrons. The number of nitrogens with zero attached hydrogens (tertiary/aromatic N) is 1. The van der Waals surface area contributed by atoms with Crippen LogP contribution in [0, 0.1) is 13.0 Å². The minimum absolute atomic E-state index is 0.352. The van der Waals surface area contributed by atoms with E-state index in [1.807, 2.05) is 5.32 Å². The smallest absolute Gasteiger partial charge is 0.0645 e. The van der Waals surface area contributed by atoms with Gasteiger partial charge in [0.2, 0.25) is 0 Å². The van der Waals surface area contributed by atoms with Crippen LogP contribution in [0.2, 0.25) is 0 Å². The maximum absolute atomic E-state index is 8.86. The fourth-order valence-electron chi connectivity index (χ4n) is 1.54. The van der Waals surface area contributed by atoms with Crippen molar-refractivity contribution < 1.29 is 10.4 Å². The number of hydrogen-bond acceptors (Lipinski definition) is 2. The highest BCUT2D eigenvalue weighted by atomic mass is 16.3. The molecule has 1 rings (SSSR count). The summed E-state index contributed by atoms with van der Waals surface area (Å²) >= 11 is 0. The molecule has 0 amide bonds. The topological polar surface area (TPSA) is 40.1 Å². The molecule has 1 aliphatic rings. The van der Waals surface area contributed by atoms with Gasteiger partial charge >= 0.3 is 0 Å². The van der Waals surface area contributed by atoms with Crippen molar-refractivity contribution >= 4 is 0 Å². The summed E-state index contributed by atoms with van der Waals surface area (Å²) in [6.45, 7) is 4.76. The van der Waals surface area contributed by atoms with Crippen LogP contribution >= 0.6 is 0 Å². The number of rotatable bonds is 4. The third kappa shape index (κ3) is 2.77. The van der Waals surface area contributed by atoms with E-state index < -0.39 is 0 Å². The average Bonchev–Trinajstić information content (AvgIpc) is 2.48. The zero-order valence-electron chi connectivity index (χ0n) is 7.00. The van der Waals surface area contributed by atoms with Crippen LogP contribution < -0.4 is 5.32 Å². The quantitative estimate of drug-likeness (QED) is 0.497. The summed E-state index contributed by atoms with van der Waals surface area (Å²) in [7, 11) is 3.68. The lowest BCUT2D eigenvalue weighted by Gasteiger charge is -2.14. The Balaban J connectivity index is 2.09. The maximum Gasteiger partial charge on any atom is 0.0645 e. The lowest BCUT2D eigenvalue weighted by atomic mass is 10.1. The highest BCUT2D eigenvalue weighted by Gasteiger charge is 2.20. The average molecular weight is 158 g/mol. The van der Waals surface area contributed by atoms with Gasteiger partial charge in [-0.2, -0.15) is 7.05 Å². The Morgan fingerprint density at radius 2 is 2.45 bits per heavy atom. The van der Waals surface area contributed by atoms with E-state index in [4.69, 9.17) is 5.11 Å². The van der Waals surface area contributed by atoms with E-state index in [0.717, 1.165) is 32.6 Å². The van der Waals surface area contributed by atoms with E-state index in [0.29, 0.717) is 12.5 Å². The molecule has 0 aromatic carbocycles. The molecule has 0 bridgehead atoms. The van der Waals surface area contributed by atoms with Crippen LogP contribution in [0.25, 0.3) is 0 Å². The Labute approximate surface area is 68.4 Å². The number of nitrogens with two attached hydrogens (primary N) is 1. The number of quaternary nitrogens is 1. The Hall–Kier alpha value is -0.120. The van der Waals surface area contributed by atoms with E-state index in [-0.39, 0.29) is 0 Å². The van der Waals surface area contributed by atoms with Crippen LogP contribution in [0.1, 0.15) is 6.42 Å². The molecule has 1 saturated heterocycles. The lowest BCUT2D eigenvalue weighted by molar-refractivity contribution is -0.595. The monoisotopic (exact) mass is 158 g/mol. The molecule has 0 unspecified atom stereocenters. The van der Waals surface area contributed by atoms with Gasteiger partial charge in [0.05, 0.1) is 6.54 Å². The first-order valence-corrected chi connectivity index (χ1v) is 4.31. The van der Waals surface area contributed by atoms with Gasteiger partial charge < -0.3 is 10.4 Å². The highest BCUT2D eigenvalue weighted by molar-refractivity contribution is 4.73. The van der Waals surface area contributed by atoms with E-state index in [2.05, 4.69) is 11.9 Å². The van der Waals surface area contributed by atoms with Crippen LogP contribution in [0.5, 0.6) is 0 Å². The van der Waals surface area contributed by atoms with Crippen LogP contribution in [-0.4, -0.2) is 42.8 Å². The van der Waals surface area contributed by atoms with Gasteiger partial charge in [0.25, 0.3) is 0 Å². The minimum atomic E-state index is 0.352. The zero-order chi connectivity index (χ0) is 8.10. The van der Waals surface area contributed by atoms with Gasteiger partial charge in [-0.3, -0.25) is 4.90 Å². The summed E-state index contributed by atoms with van der Waals surface area (Å²) in [4.78, 5) is 2.39. The summed E-state index contributed by atoms with van der Waals surface area (Å²) in [6, 6.07) is 0. The Morgan fingerprint density at radius 1 is 1.64 bits per heavy atom. The number of aliphatic hydroxyl groups is 1. The van der Waals surface area contributed by atoms with Gasteiger partial charge in [-0.15, -0.1) is 0 Å². The number of likely N-dealkylation sites (tertiary alicyclic amines) is 1. The number of hydrogen-bond donors (Lipinski definition) is 2. The van der Waals surface area contributed by atoms with E-state index >= 15 is 0 Å². The van der Waals surface area contributed by atoms with Crippen molar-refractivity contribution in [2.45, 2.75) is 6.42 Å². The molecule has 0 aliphatic carbocycles. The Bertz CT molecular complexity index is 108. The largest absolute Gasteiger partial charge is 0.478 e. The first kappa shape index (κ1) is 8.97. The highest BCUT2D eigenvalue weighted by Crippen LogP contribution is 2.13. The standard InChI is InChI=1S/C8H18N2O/c1-9-3-5-10-4-2-8(6-10)7-11/h8,11H,1-7,9H2/t8-/m0/s1. The normalized spacial score (nSPS) is 26.2. The molecule has 3 N–H and O–H groups in total. The van der Waals surface area contributed by atoms with Crippen LogP contribution in [0.3, 0.4) is 0 Å². The third-order valence-corrected chi connectivity index (χ3v) is 2.28. The molecular formula is C8H18N2O. The molecule has 11 heavy (non-hydrogen) atoms. The van der Waals surface area contributed by atoms with Gasteiger partial charge in [0, 0.05) is 19.7 Å². The third-order valence-electron chi connectivity index (χ3n) is 2.28. The summed E-state index contributed by atoms with van der Waals surface area (Å²) in [5.41, 5.74) is 0. The van der Waals surface area contributed by atoms with Crippen molar-refractivity contribution in [3.05, 3.63) is 7.05 Å². The van der Waals surface area contributed by atoms with Crippen LogP contribution in [0.4, 0.5) is 0 Å². The second-order valence-corrected chi connectivity index (χ2v) is 3.22. The van der Waals surface area contributed by atoms with E-state index in [1.54, 1.807) is 0 Å². The fraction of sp³-hybridized carbons (Fsp3) is 0.875. The van der Waals surface area contributed by atoms with Gasteiger partial charge in [0.15, 0.2) is 0 Å². The predicted molar refractivity (Wildman–Crippen MR) is 43.8 cm³/mol. The first-order chi connectivity index (χ1) is 5.36. The summed E-state index contributed by atoms with van der Waals surface area (Å²) in [5, 5.41) is 10.8. The fourth-order valence-corrected chi connectivity index (χ4v) is 1.54. The molecular weight excluding hydrogens is 140 g/mol. The van der Waals surface area contributed by atoms with Gasteiger partial charge in [-0.25, -0.2) is 0 Å². The van der Waals surface area contributed by atoms with Crippen molar-refractivity contribution in [1.82, 2.24) is 4.90 Å². The molecule has 3 heteroatoms. The van der Waals surface area contributed by atoms with Crippen molar-refractivity contribution in [2.24, 2.45) is 5.92 Å². The number of aliphatic hydroxyl groups excluding tert-OH is 1. The lowest BCUT2D eigenvalue weighted by Crippen LogP contribution is -2.78. The van der Waals surface area contributed by atoms with Crippen molar-refractivity contribution in [3.63, 3.8) is 0 Å². The summed E-state index contributed by atoms with van der Waals surface area (Å²) < 4.78 is 0. The molecule has 0 aromatic heterocycles. The molecule has 1 atom stereocenters. The van der Waals surface area contributed by atoms with Gasteiger partial charge in [-0.05, 0) is 18.9 Å². The zero-order valence-corrected chi connectivity index (χ0v) is 7.00. The van der Waals surface area contributed by atoms with Crippen molar-refractivity contribution in [2.75, 3.05) is 32.8 Å². The molecule has 1 heterocycles. The summed E-state index contributed by atoms with van der Waals surface area (Å²) in [6.07, 6.45) is 1.16. The first-order valence-electron chi connectivity index (χ1n) is 4.31. The molecule has 3 nitrogen and oxygen atoms in total. The molecule has 0 saturated carbocycles. The summed E-state index contributed by atoms with van der Waals surface area (Å²) in [5.74, 6) is 0.528. The van der Waals surface area contributed by atoms with E-state index in [9.17, 15) is 0 Å². The Kier molecular flexibility index (Phi) is 3.83. The molecule has 1 aliphatic heterocycles. The van der Waals surface area contributed by atoms with Crippen molar-refractivity contribution in [3.8, 4) is 0 Å². The molecule has 0 spiro atoms. The van der Waals surface area contributed by atoms with Gasteiger partial charge in [-0.1, -0.05) is 0 Å². The Morgan fingerprint density at radius 3 is 3.00 bits per heavy atom. The maximum atomic E-state index is 8.86. The van der Waals surface area contributed by atoms with E-state index in [1.165, 1.54) is 0 Å². The molecule has 0 radical (unpaired) electrons. The second-order valence-electron chi connectivity index (χ2n) is 3.22. The minimum Gasteiger partial charge on any atom is -0.478 e. The van der Waals surface area contributed by atoms with Gasteiger partial charge in [0.1, 0.15) is 0 Å². The second kappa shape index (κ2) is 4.70. The van der Waals surface area contributed by atoms with Crippen LogP contribution in [0.15, 0.2) is 0 Å². The molecule has 0 aromatic rings. The van der Waals surface area contributed by atoms with Crippen LogP contribution in [-0.2, 0) is 0 Å². The predicted octanol–water partition coefficient (Wildman–Crippen LogP) is -1.34. The SMILES string of the molecule is [CH2-][NH2+]CCN1CC[C@H](CO)C1. The molecule has 1 fully saturated rings. The van der Waals surface area contributed by atoms with Crippen molar-refractivity contribution in [1.29, 1.82) is 0 Å².